The van der Waals surface area contributed by atoms with Crippen molar-refractivity contribution in [1.29, 1.82) is 0 Å². The number of halogens is 1. The minimum Gasteiger partial charge on any atom is -0.325 e. The SMILES string of the molecule is Cc1ccc(C)c(NC(=O)CN2CCN(C3CCNC3)CC2)c1.Cl. The van der Waals surface area contributed by atoms with Crippen molar-refractivity contribution in [2.75, 3.05) is 51.1 Å². The Bertz CT molecular complexity index is 552. The van der Waals surface area contributed by atoms with Crippen molar-refractivity contribution >= 4 is 24.0 Å². The van der Waals surface area contributed by atoms with Crippen LogP contribution in [0.5, 0.6) is 0 Å². The van der Waals surface area contributed by atoms with Crippen LogP contribution in [0.3, 0.4) is 0 Å². The van der Waals surface area contributed by atoms with Crippen molar-refractivity contribution < 1.29 is 4.79 Å². The Hall–Kier alpha value is -1.14. The highest BCUT2D eigenvalue weighted by atomic mass is 35.5. The smallest absolute Gasteiger partial charge is 0.238 e. The Morgan fingerprint density at radius 1 is 1.25 bits per heavy atom. The van der Waals surface area contributed by atoms with Gasteiger partial charge in [-0.1, -0.05) is 12.1 Å². The van der Waals surface area contributed by atoms with E-state index in [-0.39, 0.29) is 18.3 Å². The predicted molar refractivity (Wildman–Crippen MR) is 101 cm³/mol. The first-order chi connectivity index (χ1) is 11.1. The molecule has 3 rings (SSSR count). The normalized spacial score (nSPS) is 22.2. The van der Waals surface area contributed by atoms with Crippen molar-refractivity contribution in [3.63, 3.8) is 0 Å². The summed E-state index contributed by atoms with van der Waals surface area (Å²) in [7, 11) is 0. The number of piperazine rings is 1. The lowest BCUT2D eigenvalue weighted by Crippen LogP contribution is -2.52. The second-order valence-corrected chi connectivity index (χ2v) is 6.83. The molecule has 0 radical (unpaired) electrons. The molecule has 134 valence electrons. The van der Waals surface area contributed by atoms with E-state index in [1.165, 1.54) is 12.0 Å². The minimum atomic E-state index is 0. The number of benzene rings is 1. The Balaban J connectivity index is 0.00000208. The molecule has 2 heterocycles. The highest BCUT2D eigenvalue weighted by Crippen LogP contribution is 2.16. The number of anilines is 1. The molecule has 0 aromatic heterocycles. The Morgan fingerprint density at radius 2 is 2.00 bits per heavy atom. The first kappa shape index (κ1) is 19.2. The van der Waals surface area contributed by atoms with Gasteiger partial charge in [0.1, 0.15) is 0 Å². The van der Waals surface area contributed by atoms with Crippen LogP contribution in [-0.2, 0) is 4.79 Å². The number of nitrogens with zero attached hydrogens (tertiary/aromatic N) is 2. The molecule has 2 aliphatic heterocycles. The number of hydrogen-bond acceptors (Lipinski definition) is 4. The molecule has 2 fully saturated rings. The first-order valence-electron chi connectivity index (χ1n) is 8.66. The van der Waals surface area contributed by atoms with Gasteiger partial charge in [0.25, 0.3) is 0 Å². The maximum atomic E-state index is 12.3. The molecule has 1 aromatic rings. The van der Waals surface area contributed by atoms with Crippen LogP contribution < -0.4 is 10.6 Å². The zero-order valence-corrected chi connectivity index (χ0v) is 15.5. The van der Waals surface area contributed by atoms with Gasteiger partial charge in [0, 0.05) is 44.5 Å². The van der Waals surface area contributed by atoms with Gasteiger partial charge >= 0.3 is 0 Å². The second kappa shape index (κ2) is 8.81. The fourth-order valence-electron chi connectivity index (χ4n) is 3.50. The van der Waals surface area contributed by atoms with E-state index >= 15 is 0 Å². The van der Waals surface area contributed by atoms with Crippen LogP contribution in [0, 0.1) is 13.8 Å². The lowest BCUT2D eigenvalue weighted by Gasteiger charge is -2.37. The van der Waals surface area contributed by atoms with Gasteiger partial charge in [-0.25, -0.2) is 0 Å². The third-order valence-corrected chi connectivity index (χ3v) is 4.99. The molecule has 1 unspecified atom stereocenters. The molecular weight excluding hydrogens is 324 g/mol. The van der Waals surface area contributed by atoms with Crippen LogP contribution >= 0.6 is 12.4 Å². The Labute approximate surface area is 151 Å². The molecule has 1 amide bonds. The highest BCUT2D eigenvalue weighted by Gasteiger charge is 2.26. The van der Waals surface area contributed by atoms with Crippen LogP contribution in [0.1, 0.15) is 17.5 Å². The van der Waals surface area contributed by atoms with Gasteiger partial charge in [0.15, 0.2) is 0 Å². The molecular formula is C18H29ClN4O. The summed E-state index contributed by atoms with van der Waals surface area (Å²) in [5, 5.41) is 6.49. The Morgan fingerprint density at radius 3 is 2.67 bits per heavy atom. The zero-order valence-electron chi connectivity index (χ0n) is 14.7. The van der Waals surface area contributed by atoms with Crippen molar-refractivity contribution in [2.45, 2.75) is 26.3 Å². The summed E-state index contributed by atoms with van der Waals surface area (Å²) < 4.78 is 0. The maximum absolute atomic E-state index is 12.3. The van der Waals surface area contributed by atoms with Gasteiger partial charge in [-0.3, -0.25) is 14.6 Å². The van der Waals surface area contributed by atoms with Crippen LogP contribution in [0.15, 0.2) is 18.2 Å². The maximum Gasteiger partial charge on any atom is 0.238 e. The van der Waals surface area contributed by atoms with Gasteiger partial charge in [0.2, 0.25) is 5.91 Å². The van der Waals surface area contributed by atoms with Crippen molar-refractivity contribution in [2.24, 2.45) is 0 Å². The van der Waals surface area contributed by atoms with Crippen LogP contribution in [-0.4, -0.2) is 67.6 Å². The minimum absolute atomic E-state index is 0. The van der Waals surface area contributed by atoms with Crippen LogP contribution in [0.25, 0.3) is 0 Å². The average molecular weight is 353 g/mol. The van der Waals surface area contributed by atoms with Crippen molar-refractivity contribution in [3.05, 3.63) is 29.3 Å². The van der Waals surface area contributed by atoms with E-state index < -0.39 is 0 Å². The standard InChI is InChI=1S/C18H28N4O.ClH/c1-14-3-4-15(2)17(11-14)20-18(23)13-21-7-9-22(10-8-21)16-5-6-19-12-16;/h3-4,11,16,19H,5-10,12-13H2,1-2H3,(H,20,23);1H. The van der Waals surface area contributed by atoms with E-state index in [0.717, 1.165) is 50.5 Å². The van der Waals surface area contributed by atoms with Gasteiger partial charge < -0.3 is 10.6 Å². The molecule has 24 heavy (non-hydrogen) atoms. The molecule has 1 atom stereocenters. The summed E-state index contributed by atoms with van der Waals surface area (Å²) in [4.78, 5) is 17.1. The van der Waals surface area contributed by atoms with Crippen molar-refractivity contribution in [1.82, 2.24) is 15.1 Å². The molecule has 2 aliphatic rings. The number of hydrogen-bond donors (Lipinski definition) is 2. The number of nitrogens with one attached hydrogen (secondary N) is 2. The van der Waals surface area contributed by atoms with E-state index in [9.17, 15) is 4.79 Å². The summed E-state index contributed by atoms with van der Waals surface area (Å²) in [6.45, 7) is 10.9. The van der Waals surface area contributed by atoms with Crippen LogP contribution in [0.4, 0.5) is 5.69 Å². The highest BCUT2D eigenvalue weighted by molar-refractivity contribution is 5.93. The van der Waals surface area contributed by atoms with E-state index in [2.05, 4.69) is 32.6 Å². The van der Waals surface area contributed by atoms with E-state index in [1.54, 1.807) is 0 Å². The summed E-state index contributed by atoms with van der Waals surface area (Å²) in [5.74, 6) is 0.0923. The molecule has 1 aromatic carbocycles. The largest absolute Gasteiger partial charge is 0.325 e. The quantitative estimate of drug-likeness (QED) is 0.865. The third kappa shape index (κ3) is 4.93. The third-order valence-electron chi connectivity index (χ3n) is 4.99. The van der Waals surface area contributed by atoms with Crippen LogP contribution in [0.2, 0.25) is 0 Å². The Kier molecular flexibility index (Phi) is 7.04. The van der Waals surface area contributed by atoms with Gasteiger partial charge in [-0.15, -0.1) is 12.4 Å². The first-order valence-corrected chi connectivity index (χ1v) is 8.66. The monoisotopic (exact) mass is 352 g/mol. The molecule has 2 saturated heterocycles. The van der Waals surface area contributed by atoms with Crippen molar-refractivity contribution in [3.8, 4) is 0 Å². The second-order valence-electron chi connectivity index (χ2n) is 6.83. The molecule has 0 spiro atoms. The summed E-state index contributed by atoms with van der Waals surface area (Å²) in [5.41, 5.74) is 3.22. The average Bonchev–Trinajstić information content (AvgIpc) is 3.06. The fourth-order valence-corrected chi connectivity index (χ4v) is 3.50. The number of aryl methyl sites for hydroxylation is 2. The molecule has 2 N–H and O–H groups in total. The molecule has 6 heteroatoms. The molecule has 0 saturated carbocycles. The lowest BCUT2D eigenvalue weighted by atomic mass is 10.1. The molecule has 5 nitrogen and oxygen atoms in total. The summed E-state index contributed by atoms with van der Waals surface area (Å²) in [6, 6.07) is 6.86. The van der Waals surface area contributed by atoms with Gasteiger partial charge in [-0.2, -0.15) is 0 Å². The summed E-state index contributed by atoms with van der Waals surface area (Å²) in [6.07, 6.45) is 1.26. The fraction of sp³-hybridized carbons (Fsp3) is 0.611. The molecule has 0 aliphatic carbocycles. The zero-order chi connectivity index (χ0) is 16.2. The van der Waals surface area contributed by atoms with E-state index in [1.807, 2.05) is 19.9 Å². The number of amides is 1. The number of carbonyl (C=O) groups excluding carboxylic acids is 1. The summed E-state index contributed by atoms with van der Waals surface area (Å²) >= 11 is 0. The van der Waals surface area contributed by atoms with Gasteiger partial charge in [-0.05, 0) is 44.0 Å². The lowest BCUT2D eigenvalue weighted by molar-refractivity contribution is -0.117. The molecule has 0 bridgehead atoms. The number of rotatable bonds is 4. The van der Waals surface area contributed by atoms with Gasteiger partial charge in [0.05, 0.1) is 6.54 Å². The topological polar surface area (TPSA) is 47.6 Å². The van der Waals surface area contributed by atoms with E-state index in [0.29, 0.717) is 12.6 Å². The number of carbonyl (C=O) groups is 1. The predicted octanol–water partition coefficient (Wildman–Crippen LogP) is 1.64. The van der Waals surface area contributed by atoms with E-state index in [4.69, 9.17) is 0 Å².